The van der Waals surface area contributed by atoms with E-state index >= 15 is 0 Å². The highest BCUT2D eigenvalue weighted by Crippen LogP contribution is 2.09. The molecule has 82 valence electrons. The fourth-order valence-electron chi connectivity index (χ4n) is 0.733. The quantitative estimate of drug-likeness (QED) is 0.476. The van der Waals surface area contributed by atoms with Crippen molar-refractivity contribution in [1.82, 2.24) is 0 Å². The van der Waals surface area contributed by atoms with Crippen LogP contribution in [-0.4, -0.2) is 6.10 Å². The first-order chi connectivity index (χ1) is 6.57. The van der Waals surface area contributed by atoms with Crippen molar-refractivity contribution in [3.05, 3.63) is 36.1 Å². The summed E-state index contributed by atoms with van der Waals surface area (Å²) in [5, 5.41) is 0. The molecule has 0 aliphatic carbocycles. The lowest BCUT2D eigenvalue weighted by molar-refractivity contribution is 0.155. The van der Waals surface area contributed by atoms with Gasteiger partial charge in [0.25, 0.3) is 0 Å². The molecule has 0 heterocycles. The fraction of sp³-hybridized carbons (Fsp3) is 0.538. The Balaban J connectivity index is 0. The molecule has 0 spiro atoms. The Kier molecular flexibility index (Phi) is 11.2. The highest BCUT2D eigenvalue weighted by atomic mass is 16.5. The molecule has 0 aromatic heterocycles. The molecule has 0 saturated heterocycles. The average molecular weight is 196 g/mol. The maximum absolute atomic E-state index is 5.56. The van der Waals surface area contributed by atoms with Crippen LogP contribution in [0.3, 0.4) is 0 Å². The Morgan fingerprint density at radius 2 is 1.71 bits per heavy atom. The van der Waals surface area contributed by atoms with Gasteiger partial charge < -0.3 is 4.74 Å². The van der Waals surface area contributed by atoms with Crippen LogP contribution >= 0.6 is 0 Å². The molecule has 0 aromatic rings. The van der Waals surface area contributed by atoms with Gasteiger partial charge in [0, 0.05) is 0 Å². The standard InChI is InChI=1S/C11H18O.C2H6/c1-6-7-8-11(9(2)3)12-10(4)5;1-2/h6-8,10H,1H2,2-5H3;1-2H3/b8-7-;. The number of allylic oxidation sites excluding steroid dienone is 4. The van der Waals surface area contributed by atoms with Crippen LogP contribution in [0.25, 0.3) is 0 Å². The normalized spacial score (nSPS) is 9.36. The van der Waals surface area contributed by atoms with Crippen LogP contribution in [0.2, 0.25) is 0 Å². The predicted octanol–water partition coefficient (Wildman–Crippen LogP) is 4.47. The van der Waals surface area contributed by atoms with Gasteiger partial charge >= 0.3 is 0 Å². The van der Waals surface area contributed by atoms with Crippen molar-refractivity contribution >= 4 is 0 Å². The van der Waals surface area contributed by atoms with Gasteiger partial charge in [-0.05, 0) is 39.3 Å². The van der Waals surface area contributed by atoms with Crippen LogP contribution in [0, 0.1) is 0 Å². The minimum absolute atomic E-state index is 0.226. The van der Waals surface area contributed by atoms with Gasteiger partial charge in [-0.15, -0.1) is 0 Å². The van der Waals surface area contributed by atoms with Gasteiger partial charge in [0.15, 0.2) is 0 Å². The topological polar surface area (TPSA) is 9.23 Å². The van der Waals surface area contributed by atoms with E-state index in [-0.39, 0.29) is 6.10 Å². The third-order valence-electron chi connectivity index (χ3n) is 1.24. The largest absolute Gasteiger partial charge is 0.491 e. The summed E-state index contributed by atoms with van der Waals surface area (Å²) < 4.78 is 5.56. The monoisotopic (exact) mass is 196 g/mol. The van der Waals surface area contributed by atoms with Crippen molar-refractivity contribution in [3.8, 4) is 0 Å². The van der Waals surface area contributed by atoms with E-state index in [1.54, 1.807) is 6.08 Å². The summed E-state index contributed by atoms with van der Waals surface area (Å²) in [5.41, 5.74) is 1.18. The Labute approximate surface area is 89.2 Å². The van der Waals surface area contributed by atoms with Crippen molar-refractivity contribution in [3.63, 3.8) is 0 Å². The highest BCUT2D eigenvalue weighted by Gasteiger charge is 1.98. The summed E-state index contributed by atoms with van der Waals surface area (Å²) in [6.07, 6.45) is 5.78. The molecule has 0 rings (SSSR count). The first-order valence-corrected chi connectivity index (χ1v) is 5.21. The molecule has 0 radical (unpaired) electrons. The van der Waals surface area contributed by atoms with Crippen LogP contribution in [-0.2, 0) is 4.74 Å². The van der Waals surface area contributed by atoms with E-state index in [0.717, 1.165) is 5.76 Å². The lowest BCUT2D eigenvalue weighted by Gasteiger charge is -2.11. The molecule has 0 aliphatic rings. The smallest absolute Gasteiger partial charge is 0.118 e. The average Bonchev–Trinajstić information content (AvgIpc) is 2.14. The molecule has 0 unspecified atom stereocenters. The van der Waals surface area contributed by atoms with Gasteiger partial charge in [0.05, 0.1) is 6.10 Å². The van der Waals surface area contributed by atoms with Crippen LogP contribution < -0.4 is 0 Å². The fourth-order valence-corrected chi connectivity index (χ4v) is 0.733. The van der Waals surface area contributed by atoms with Crippen molar-refractivity contribution < 1.29 is 4.74 Å². The first kappa shape index (κ1) is 15.5. The lowest BCUT2D eigenvalue weighted by Crippen LogP contribution is -2.01. The minimum Gasteiger partial charge on any atom is -0.491 e. The van der Waals surface area contributed by atoms with Gasteiger partial charge in [0.1, 0.15) is 5.76 Å². The van der Waals surface area contributed by atoms with Crippen molar-refractivity contribution in [2.75, 3.05) is 0 Å². The van der Waals surface area contributed by atoms with Gasteiger partial charge in [-0.2, -0.15) is 0 Å². The van der Waals surface area contributed by atoms with E-state index in [2.05, 4.69) is 6.58 Å². The zero-order chi connectivity index (χ0) is 11.6. The van der Waals surface area contributed by atoms with Crippen molar-refractivity contribution in [2.24, 2.45) is 0 Å². The zero-order valence-corrected chi connectivity index (χ0v) is 10.4. The second-order valence-corrected chi connectivity index (χ2v) is 3.13. The van der Waals surface area contributed by atoms with E-state index in [1.165, 1.54) is 5.57 Å². The van der Waals surface area contributed by atoms with Crippen LogP contribution in [0.5, 0.6) is 0 Å². The number of ether oxygens (including phenoxy) is 1. The van der Waals surface area contributed by atoms with E-state index in [1.807, 2.05) is 53.7 Å². The second kappa shape index (κ2) is 10.1. The van der Waals surface area contributed by atoms with E-state index < -0.39 is 0 Å². The number of hydrogen-bond donors (Lipinski definition) is 0. The maximum atomic E-state index is 5.56. The van der Waals surface area contributed by atoms with E-state index in [9.17, 15) is 0 Å². The van der Waals surface area contributed by atoms with Gasteiger partial charge in [0.2, 0.25) is 0 Å². The molecule has 0 amide bonds. The molecular formula is C13H24O. The van der Waals surface area contributed by atoms with Gasteiger partial charge in [-0.1, -0.05) is 32.6 Å². The summed E-state index contributed by atoms with van der Waals surface area (Å²) in [6, 6.07) is 0. The summed E-state index contributed by atoms with van der Waals surface area (Å²) in [6.45, 7) is 15.7. The van der Waals surface area contributed by atoms with Crippen LogP contribution in [0.1, 0.15) is 41.5 Å². The third kappa shape index (κ3) is 9.11. The lowest BCUT2D eigenvalue weighted by atomic mass is 10.2. The number of hydrogen-bond acceptors (Lipinski definition) is 1. The molecule has 1 heteroatoms. The minimum atomic E-state index is 0.226. The van der Waals surface area contributed by atoms with Crippen LogP contribution in [0.4, 0.5) is 0 Å². The summed E-state index contributed by atoms with van der Waals surface area (Å²) in [7, 11) is 0. The summed E-state index contributed by atoms with van der Waals surface area (Å²) in [5.74, 6) is 0.935. The number of rotatable bonds is 4. The molecule has 0 bridgehead atoms. The van der Waals surface area contributed by atoms with E-state index in [0.29, 0.717) is 0 Å². The third-order valence-corrected chi connectivity index (χ3v) is 1.24. The predicted molar refractivity (Wildman–Crippen MR) is 65.3 cm³/mol. The second-order valence-electron chi connectivity index (χ2n) is 3.13. The molecule has 0 N–H and O–H groups in total. The first-order valence-electron chi connectivity index (χ1n) is 5.21. The Morgan fingerprint density at radius 1 is 1.21 bits per heavy atom. The van der Waals surface area contributed by atoms with Gasteiger partial charge in [-0.25, -0.2) is 0 Å². The summed E-state index contributed by atoms with van der Waals surface area (Å²) >= 11 is 0. The molecule has 0 atom stereocenters. The molecule has 0 fully saturated rings. The highest BCUT2D eigenvalue weighted by molar-refractivity contribution is 5.20. The van der Waals surface area contributed by atoms with Crippen LogP contribution in [0.15, 0.2) is 36.1 Å². The van der Waals surface area contributed by atoms with E-state index in [4.69, 9.17) is 4.74 Å². The maximum Gasteiger partial charge on any atom is 0.118 e. The molecule has 1 nitrogen and oxygen atoms in total. The zero-order valence-electron chi connectivity index (χ0n) is 10.4. The molecule has 0 saturated carbocycles. The SMILES string of the molecule is C=C/C=C\C(OC(C)C)=C(C)C.CC. The molecule has 14 heavy (non-hydrogen) atoms. The Morgan fingerprint density at radius 3 is 2.00 bits per heavy atom. The summed E-state index contributed by atoms with van der Waals surface area (Å²) in [4.78, 5) is 0. The molecule has 0 aliphatic heterocycles. The molecule has 0 aromatic carbocycles. The molecular weight excluding hydrogens is 172 g/mol. The Hall–Kier alpha value is -0.980. The van der Waals surface area contributed by atoms with Gasteiger partial charge in [-0.3, -0.25) is 0 Å². The van der Waals surface area contributed by atoms with Crippen molar-refractivity contribution in [2.45, 2.75) is 47.6 Å². The Bertz CT molecular complexity index is 193. The van der Waals surface area contributed by atoms with Crippen molar-refractivity contribution in [1.29, 1.82) is 0 Å².